The predicted molar refractivity (Wildman–Crippen MR) is 81.2 cm³/mol. The first kappa shape index (κ1) is 17.1. The number of H-pyrrole nitrogens is 1. The average molecular weight is 356 g/mol. The Morgan fingerprint density at radius 3 is 2.76 bits per heavy atom. The van der Waals surface area contributed by atoms with E-state index in [9.17, 15) is 22.8 Å². The third-order valence-electron chi connectivity index (χ3n) is 4.14. The average Bonchev–Trinajstić information content (AvgIpc) is 2.98. The molecule has 0 aliphatic carbocycles. The van der Waals surface area contributed by atoms with Gasteiger partial charge in [0.05, 0.1) is 5.92 Å². The summed E-state index contributed by atoms with van der Waals surface area (Å²) in [5.74, 6) is -2.44. The van der Waals surface area contributed by atoms with Gasteiger partial charge in [-0.1, -0.05) is 6.07 Å². The minimum Gasteiger partial charge on any atom is -0.481 e. The number of carboxylic acids is 1. The maximum Gasteiger partial charge on any atom is 0.573 e. The molecule has 0 bridgehead atoms. The van der Waals surface area contributed by atoms with E-state index in [0.717, 1.165) is 0 Å². The highest BCUT2D eigenvalue weighted by Gasteiger charge is 2.33. The molecule has 1 aliphatic rings. The van der Waals surface area contributed by atoms with Gasteiger partial charge in [-0.05, 0) is 31.0 Å². The van der Waals surface area contributed by atoms with Gasteiger partial charge in [0.1, 0.15) is 11.4 Å². The van der Waals surface area contributed by atoms with Gasteiger partial charge in [-0.25, -0.2) is 0 Å². The van der Waals surface area contributed by atoms with E-state index < -0.39 is 29.9 Å². The van der Waals surface area contributed by atoms with Crippen LogP contribution in [0.1, 0.15) is 23.3 Å². The minimum absolute atomic E-state index is 0.0788. The molecule has 2 N–H and O–H groups in total. The van der Waals surface area contributed by atoms with Crippen LogP contribution >= 0.6 is 0 Å². The van der Waals surface area contributed by atoms with Gasteiger partial charge in [0, 0.05) is 24.0 Å². The smallest absolute Gasteiger partial charge is 0.481 e. The monoisotopic (exact) mass is 356 g/mol. The molecule has 25 heavy (non-hydrogen) atoms. The second-order valence-electron chi connectivity index (χ2n) is 5.88. The summed E-state index contributed by atoms with van der Waals surface area (Å²) in [6.45, 7) is 0.485. The van der Waals surface area contributed by atoms with Crippen LogP contribution in [0.5, 0.6) is 5.75 Å². The van der Waals surface area contributed by atoms with Crippen LogP contribution in [0.3, 0.4) is 0 Å². The molecule has 2 aromatic rings. The lowest BCUT2D eigenvalue weighted by atomic mass is 9.98. The first-order valence-corrected chi connectivity index (χ1v) is 7.64. The van der Waals surface area contributed by atoms with Gasteiger partial charge in [0.2, 0.25) is 0 Å². The summed E-state index contributed by atoms with van der Waals surface area (Å²) in [5.41, 5.74) is 0.427. The minimum atomic E-state index is -4.84. The van der Waals surface area contributed by atoms with Gasteiger partial charge < -0.3 is 19.7 Å². The number of benzene rings is 1. The Kier molecular flexibility index (Phi) is 4.32. The molecule has 0 saturated carbocycles. The van der Waals surface area contributed by atoms with Crippen molar-refractivity contribution in [2.45, 2.75) is 19.2 Å². The summed E-state index contributed by atoms with van der Waals surface area (Å²) < 4.78 is 41.4. The van der Waals surface area contributed by atoms with E-state index in [0.29, 0.717) is 24.9 Å². The maximum absolute atomic E-state index is 12.6. The second kappa shape index (κ2) is 6.30. The fraction of sp³-hybridized carbons (Fsp3) is 0.375. The Hall–Kier alpha value is -2.71. The number of aromatic amines is 1. The zero-order chi connectivity index (χ0) is 18.2. The lowest BCUT2D eigenvalue weighted by Gasteiger charge is -2.30. The van der Waals surface area contributed by atoms with E-state index >= 15 is 0 Å². The fourth-order valence-electron chi connectivity index (χ4n) is 2.99. The van der Waals surface area contributed by atoms with Crippen LogP contribution < -0.4 is 4.74 Å². The fourth-order valence-corrected chi connectivity index (χ4v) is 2.99. The Bertz CT molecular complexity index is 815. The zero-order valence-electron chi connectivity index (χ0n) is 13.0. The van der Waals surface area contributed by atoms with Gasteiger partial charge >= 0.3 is 12.3 Å². The molecule has 3 rings (SSSR count). The number of fused-ring (bicyclic) bond motifs is 1. The zero-order valence-corrected chi connectivity index (χ0v) is 13.0. The van der Waals surface area contributed by atoms with Gasteiger partial charge in [-0.15, -0.1) is 13.2 Å². The second-order valence-corrected chi connectivity index (χ2v) is 5.88. The van der Waals surface area contributed by atoms with E-state index in [1.54, 1.807) is 0 Å². The molecule has 1 aromatic heterocycles. The first-order chi connectivity index (χ1) is 11.7. The molecule has 1 unspecified atom stereocenters. The molecule has 1 aromatic carbocycles. The van der Waals surface area contributed by atoms with E-state index in [2.05, 4.69) is 9.72 Å². The summed E-state index contributed by atoms with van der Waals surface area (Å²) in [6, 6.07) is 5.38. The number of hydrogen-bond acceptors (Lipinski definition) is 3. The van der Waals surface area contributed by atoms with Gasteiger partial charge in [-0.3, -0.25) is 9.59 Å². The third kappa shape index (κ3) is 3.70. The molecule has 1 amide bonds. The topological polar surface area (TPSA) is 82.6 Å². The number of carbonyl (C=O) groups excluding carboxylic acids is 1. The summed E-state index contributed by atoms with van der Waals surface area (Å²) in [6.07, 6.45) is -3.78. The SMILES string of the molecule is O=C(O)C1CCCN(C(=O)c2cc3c(OC(F)(F)F)cccc3[nH]2)C1. The number of nitrogens with zero attached hydrogens (tertiary/aromatic N) is 1. The number of halogens is 3. The van der Waals surface area contributed by atoms with Crippen LogP contribution in [0.4, 0.5) is 13.2 Å². The summed E-state index contributed by atoms with van der Waals surface area (Å²) in [7, 11) is 0. The van der Waals surface area contributed by atoms with Crippen LogP contribution in [0, 0.1) is 5.92 Å². The molecule has 0 radical (unpaired) electrons. The number of aliphatic carboxylic acids is 1. The molecule has 1 atom stereocenters. The van der Waals surface area contributed by atoms with Crippen molar-refractivity contribution in [1.29, 1.82) is 0 Å². The van der Waals surface area contributed by atoms with E-state index in [1.807, 2.05) is 0 Å². The van der Waals surface area contributed by atoms with E-state index in [1.165, 1.54) is 29.2 Å². The highest BCUT2D eigenvalue weighted by atomic mass is 19.4. The Labute approximate surface area is 140 Å². The third-order valence-corrected chi connectivity index (χ3v) is 4.14. The van der Waals surface area contributed by atoms with Gasteiger partial charge in [-0.2, -0.15) is 0 Å². The number of carboxylic acid groups (broad SMARTS) is 1. The molecule has 9 heteroatoms. The molecule has 134 valence electrons. The predicted octanol–water partition coefficient (Wildman–Crippen LogP) is 3.00. The molecule has 1 saturated heterocycles. The summed E-state index contributed by atoms with van der Waals surface area (Å²) in [4.78, 5) is 27.9. The Morgan fingerprint density at radius 1 is 1.32 bits per heavy atom. The molecular formula is C16H15F3N2O4. The van der Waals surface area contributed by atoms with Crippen LogP contribution in [-0.4, -0.2) is 46.3 Å². The van der Waals surface area contributed by atoms with Crippen molar-refractivity contribution < 1.29 is 32.6 Å². The van der Waals surface area contributed by atoms with Crippen molar-refractivity contribution in [3.63, 3.8) is 0 Å². The number of alkyl halides is 3. The number of hydrogen-bond donors (Lipinski definition) is 2. The highest BCUT2D eigenvalue weighted by Crippen LogP contribution is 2.31. The number of carbonyl (C=O) groups is 2. The molecule has 0 spiro atoms. The number of likely N-dealkylation sites (tertiary alicyclic amines) is 1. The number of aromatic nitrogens is 1. The van der Waals surface area contributed by atoms with E-state index in [4.69, 9.17) is 5.11 Å². The van der Waals surface area contributed by atoms with Crippen molar-refractivity contribution in [2.24, 2.45) is 5.92 Å². The van der Waals surface area contributed by atoms with Crippen LogP contribution in [0.25, 0.3) is 10.9 Å². The lowest BCUT2D eigenvalue weighted by molar-refractivity contribution is -0.274. The summed E-state index contributed by atoms with van der Waals surface area (Å²) >= 11 is 0. The van der Waals surface area contributed by atoms with Crippen molar-refractivity contribution >= 4 is 22.8 Å². The van der Waals surface area contributed by atoms with Crippen LogP contribution in [0.2, 0.25) is 0 Å². The molecule has 1 aliphatic heterocycles. The molecule has 2 heterocycles. The van der Waals surface area contributed by atoms with Crippen molar-refractivity contribution in [2.75, 3.05) is 13.1 Å². The summed E-state index contributed by atoms with van der Waals surface area (Å²) in [5, 5.41) is 9.23. The van der Waals surface area contributed by atoms with Gasteiger partial charge in [0.15, 0.2) is 0 Å². The Balaban J connectivity index is 1.87. The normalized spacial score (nSPS) is 18.4. The van der Waals surface area contributed by atoms with E-state index in [-0.39, 0.29) is 17.6 Å². The maximum atomic E-state index is 12.6. The van der Waals surface area contributed by atoms with Crippen molar-refractivity contribution in [3.8, 4) is 5.75 Å². The number of rotatable bonds is 3. The highest BCUT2D eigenvalue weighted by molar-refractivity contribution is 5.99. The van der Waals surface area contributed by atoms with Crippen molar-refractivity contribution in [1.82, 2.24) is 9.88 Å². The number of nitrogens with one attached hydrogen (secondary N) is 1. The standard InChI is InChI=1S/C16H15F3N2O4/c17-16(18,19)25-13-5-1-4-11-10(13)7-12(20-11)14(22)21-6-2-3-9(8-21)15(23)24/h1,4-5,7,9,20H,2-3,6,8H2,(H,23,24). The quantitative estimate of drug-likeness (QED) is 0.886. The number of piperidine rings is 1. The molecular weight excluding hydrogens is 341 g/mol. The molecule has 1 fully saturated rings. The van der Waals surface area contributed by atoms with Crippen LogP contribution in [-0.2, 0) is 4.79 Å². The largest absolute Gasteiger partial charge is 0.573 e. The van der Waals surface area contributed by atoms with Gasteiger partial charge in [0.25, 0.3) is 5.91 Å². The van der Waals surface area contributed by atoms with Crippen molar-refractivity contribution in [3.05, 3.63) is 30.0 Å². The number of amides is 1. The molecule has 6 nitrogen and oxygen atoms in total. The number of ether oxygens (including phenoxy) is 1. The first-order valence-electron chi connectivity index (χ1n) is 7.64. The lowest BCUT2D eigenvalue weighted by Crippen LogP contribution is -2.42. The Morgan fingerprint density at radius 2 is 2.08 bits per heavy atom. The van der Waals surface area contributed by atoms with Crippen LogP contribution in [0.15, 0.2) is 24.3 Å².